The van der Waals surface area contributed by atoms with Crippen LogP contribution in [-0.2, 0) is 4.79 Å². The maximum Gasteiger partial charge on any atom is 0.340 e. The van der Waals surface area contributed by atoms with Gasteiger partial charge < -0.3 is 10.2 Å². The van der Waals surface area contributed by atoms with E-state index in [-0.39, 0.29) is 6.42 Å². The van der Waals surface area contributed by atoms with E-state index in [1.165, 1.54) is 6.08 Å². The summed E-state index contributed by atoms with van der Waals surface area (Å²) in [6, 6.07) is 9.45. The number of hydrogen-bond donors (Lipinski definition) is 2. The normalized spacial score (nSPS) is 23.9. The van der Waals surface area contributed by atoms with Crippen molar-refractivity contribution in [3.05, 3.63) is 54.1 Å². The summed E-state index contributed by atoms with van der Waals surface area (Å²) in [6.07, 6.45) is 4.82. The van der Waals surface area contributed by atoms with Crippen molar-refractivity contribution in [2.45, 2.75) is 12.0 Å². The number of benzene rings is 1. The van der Waals surface area contributed by atoms with Crippen LogP contribution in [0.2, 0.25) is 0 Å². The molecule has 0 radical (unpaired) electrons. The average molecular weight is 216 g/mol. The number of allylic oxidation sites excluding steroid dienone is 2. The van der Waals surface area contributed by atoms with Crippen LogP contribution < -0.4 is 0 Å². The SMILES string of the molecule is O=C(O)C1(O)C=CC=C(c2ccccc2)C1. The van der Waals surface area contributed by atoms with Gasteiger partial charge in [0.2, 0.25) is 0 Å². The minimum atomic E-state index is -1.78. The number of carbonyl (C=O) groups is 1. The second-order valence-electron chi connectivity index (χ2n) is 3.82. The summed E-state index contributed by atoms with van der Waals surface area (Å²) in [5.74, 6) is -1.22. The van der Waals surface area contributed by atoms with E-state index in [9.17, 15) is 9.90 Å². The molecule has 1 unspecified atom stereocenters. The van der Waals surface area contributed by atoms with Crippen LogP contribution in [0.1, 0.15) is 12.0 Å². The number of aliphatic hydroxyl groups is 1. The lowest BCUT2D eigenvalue weighted by molar-refractivity contribution is -0.153. The molecule has 1 aromatic rings. The lowest BCUT2D eigenvalue weighted by Gasteiger charge is -2.23. The molecule has 1 aliphatic carbocycles. The van der Waals surface area contributed by atoms with Crippen LogP contribution in [-0.4, -0.2) is 21.8 Å². The van der Waals surface area contributed by atoms with Crippen molar-refractivity contribution in [2.24, 2.45) is 0 Å². The summed E-state index contributed by atoms with van der Waals surface area (Å²) in [5, 5.41) is 18.8. The van der Waals surface area contributed by atoms with Crippen LogP contribution >= 0.6 is 0 Å². The summed E-state index contributed by atoms with van der Waals surface area (Å²) in [4.78, 5) is 10.9. The molecule has 2 rings (SSSR count). The van der Waals surface area contributed by atoms with Crippen molar-refractivity contribution in [3.63, 3.8) is 0 Å². The Bertz CT molecular complexity index is 459. The zero-order chi connectivity index (χ0) is 11.6. The molecule has 0 amide bonds. The number of carboxylic acid groups (broad SMARTS) is 1. The van der Waals surface area contributed by atoms with E-state index in [4.69, 9.17) is 5.11 Å². The van der Waals surface area contributed by atoms with Crippen molar-refractivity contribution in [2.75, 3.05) is 0 Å². The Morgan fingerprint density at radius 3 is 2.56 bits per heavy atom. The quantitative estimate of drug-likeness (QED) is 0.793. The molecule has 0 aromatic heterocycles. The molecule has 1 aromatic carbocycles. The fourth-order valence-electron chi connectivity index (χ4n) is 1.73. The predicted octanol–water partition coefficient (Wildman–Crippen LogP) is 1.85. The Morgan fingerprint density at radius 1 is 1.25 bits per heavy atom. The van der Waals surface area contributed by atoms with Crippen LogP contribution in [0.15, 0.2) is 48.6 Å². The molecule has 16 heavy (non-hydrogen) atoms. The summed E-state index contributed by atoms with van der Waals surface area (Å²) >= 11 is 0. The van der Waals surface area contributed by atoms with Gasteiger partial charge in [-0.1, -0.05) is 42.5 Å². The van der Waals surface area contributed by atoms with E-state index in [0.29, 0.717) is 0 Å². The van der Waals surface area contributed by atoms with Crippen molar-refractivity contribution in [3.8, 4) is 0 Å². The smallest absolute Gasteiger partial charge is 0.340 e. The molecule has 1 aliphatic rings. The number of aliphatic carboxylic acids is 1. The fourth-order valence-corrected chi connectivity index (χ4v) is 1.73. The van der Waals surface area contributed by atoms with Gasteiger partial charge in [0, 0.05) is 6.42 Å². The molecule has 0 saturated heterocycles. The Kier molecular flexibility index (Phi) is 2.62. The van der Waals surface area contributed by atoms with Gasteiger partial charge in [-0.2, -0.15) is 0 Å². The standard InChI is InChI=1S/C13H12O3/c14-12(15)13(16)8-4-7-11(9-13)10-5-2-1-3-6-10/h1-8,16H,9H2,(H,14,15). The van der Waals surface area contributed by atoms with Crippen molar-refractivity contribution < 1.29 is 15.0 Å². The van der Waals surface area contributed by atoms with Crippen molar-refractivity contribution in [1.82, 2.24) is 0 Å². The zero-order valence-electron chi connectivity index (χ0n) is 8.63. The molecular formula is C13H12O3. The van der Waals surface area contributed by atoms with Gasteiger partial charge >= 0.3 is 5.97 Å². The predicted molar refractivity (Wildman–Crippen MR) is 60.8 cm³/mol. The van der Waals surface area contributed by atoms with E-state index in [1.54, 1.807) is 6.08 Å². The highest BCUT2D eigenvalue weighted by Crippen LogP contribution is 2.29. The highest BCUT2D eigenvalue weighted by Gasteiger charge is 2.35. The molecule has 82 valence electrons. The van der Waals surface area contributed by atoms with Crippen LogP contribution in [0, 0.1) is 0 Å². The molecular weight excluding hydrogens is 204 g/mol. The Labute approximate surface area is 93.4 Å². The molecule has 0 fully saturated rings. The van der Waals surface area contributed by atoms with Crippen molar-refractivity contribution >= 4 is 11.5 Å². The topological polar surface area (TPSA) is 57.5 Å². The molecule has 3 nitrogen and oxygen atoms in total. The number of hydrogen-bond acceptors (Lipinski definition) is 2. The summed E-state index contributed by atoms with van der Waals surface area (Å²) in [6.45, 7) is 0. The largest absolute Gasteiger partial charge is 0.479 e. The van der Waals surface area contributed by atoms with Gasteiger partial charge in [-0.15, -0.1) is 0 Å². The fraction of sp³-hybridized carbons (Fsp3) is 0.154. The molecule has 2 N–H and O–H groups in total. The Morgan fingerprint density at radius 2 is 1.94 bits per heavy atom. The first kappa shape index (κ1) is 10.6. The van der Waals surface area contributed by atoms with E-state index in [2.05, 4.69) is 0 Å². The molecule has 1 atom stereocenters. The third-order valence-corrected chi connectivity index (χ3v) is 2.64. The lowest BCUT2D eigenvalue weighted by Crippen LogP contribution is -2.37. The Balaban J connectivity index is 2.31. The maximum absolute atomic E-state index is 10.9. The molecule has 0 bridgehead atoms. The maximum atomic E-state index is 10.9. The van der Waals surface area contributed by atoms with Crippen molar-refractivity contribution in [1.29, 1.82) is 0 Å². The van der Waals surface area contributed by atoms with E-state index in [1.807, 2.05) is 36.4 Å². The minimum Gasteiger partial charge on any atom is -0.479 e. The molecule has 0 saturated carbocycles. The highest BCUT2D eigenvalue weighted by molar-refractivity contribution is 5.85. The van der Waals surface area contributed by atoms with Crippen LogP contribution in [0.4, 0.5) is 0 Å². The van der Waals surface area contributed by atoms with Crippen LogP contribution in [0.25, 0.3) is 5.57 Å². The highest BCUT2D eigenvalue weighted by atomic mass is 16.4. The first-order valence-electron chi connectivity index (χ1n) is 5.01. The van der Waals surface area contributed by atoms with Gasteiger partial charge in [-0.25, -0.2) is 4.79 Å². The van der Waals surface area contributed by atoms with Gasteiger partial charge in [-0.05, 0) is 17.2 Å². The Hall–Kier alpha value is -1.87. The monoisotopic (exact) mass is 216 g/mol. The number of carboxylic acids is 1. The zero-order valence-corrected chi connectivity index (χ0v) is 8.63. The first-order chi connectivity index (χ1) is 7.62. The van der Waals surface area contributed by atoms with Gasteiger partial charge in [0.25, 0.3) is 0 Å². The second-order valence-corrected chi connectivity index (χ2v) is 3.82. The van der Waals surface area contributed by atoms with E-state index in [0.717, 1.165) is 11.1 Å². The first-order valence-corrected chi connectivity index (χ1v) is 5.01. The van der Waals surface area contributed by atoms with Gasteiger partial charge in [0.15, 0.2) is 5.60 Å². The molecule has 0 spiro atoms. The lowest BCUT2D eigenvalue weighted by atomic mass is 9.86. The van der Waals surface area contributed by atoms with Gasteiger partial charge in [0.1, 0.15) is 0 Å². The van der Waals surface area contributed by atoms with Gasteiger partial charge in [-0.3, -0.25) is 0 Å². The van der Waals surface area contributed by atoms with Gasteiger partial charge in [0.05, 0.1) is 0 Å². The van der Waals surface area contributed by atoms with Crippen LogP contribution in [0.3, 0.4) is 0 Å². The molecule has 0 aliphatic heterocycles. The third-order valence-electron chi connectivity index (χ3n) is 2.64. The van der Waals surface area contributed by atoms with Crippen LogP contribution in [0.5, 0.6) is 0 Å². The molecule has 3 heteroatoms. The average Bonchev–Trinajstić information content (AvgIpc) is 2.30. The molecule has 0 heterocycles. The van der Waals surface area contributed by atoms with E-state index >= 15 is 0 Å². The van der Waals surface area contributed by atoms with E-state index < -0.39 is 11.6 Å². The minimum absolute atomic E-state index is 0.100. The third kappa shape index (κ3) is 1.90. The summed E-state index contributed by atoms with van der Waals surface area (Å²) in [7, 11) is 0. The second kappa shape index (κ2) is 3.94. The number of rotatable bonds is 2. The summed E-state index contributed by atoms with van der Waals surface area (Å²) < 4.78 is 0. The summed E-state index contributed by atoms with van der Waals surface area (Å²) in [5.41, 5.74) is -0.0144.